The Morgan fingerprint density at radius 3 is 2.65 bits per heavy atom. The van der Waals surface area contributed by atoms with Crippen molar-refractivity contribution >= 4 is 11.8 Å². The van der Waals surface area contributed by atoms with Crippen LogP contribution in [-0.2, 0) is 17.7 Å². The summed E-state index contributed by atoms with van der Waals surface area (Å²) in [5.41, 5.74) is 2.41. The van der Waals surface area contributed by atoms with Crippen LogP contribution in [0.25, 0.3) is 0 Å². The predicted molar refractivity (Wildman–Crippen MR) is 88.5 cm³/mol. The van der Waals surface area contributed by atoms with Crippen LogP contribution in [-0.4, -0.2) is 47.7 Å². The number of aliphatic hydroxyl groups is 2. The number of carbonyl (C=O) groups is 1. The lowest BCUT2D eigenvalue weighted by atomic mass is 10.1. The van der Waals surface area contributed by atoms with Crippen molar-refractivity contribution in [2.45, 2.75) is 45.4 Å². The molecule has 2 rings (SSSR count). The lowest BCUT2D eigenvalue weighted by Crippen LogP contribution is -2.37. The Hall–Kier alpha value is -1.63. The van der Waals surface area contributed by atoms with Crippen molar-refractivity contribution in [3.63, 3.8) is 0 Å². The quantitative estimate of drug-likeness (QED) is 0.764. The summed E-state index contributed by atoms with van der Waals surface area (Å²) in [6.45, 7) is 6.34. The molecule has 0 spiro atoms. The zero-order chi connectivity index (χ0) is 17.0. The Bertz CT molecular complexity index is 550. The van der Waals surface area contributed by atoms with E-state index >= 15 is 0 Å². The SMILES string of the molecule is CC(C)(C)OC(=O)N1CCc2cccc(CNC(CO)CO)c21. The number of carbonyl (C=O) groups excluding carboxylic acids is 1. The Morgan fingerprint density at radius 2 is 2.04 bits per heavy atom. The Morgan fingerprint density at radius 1 is 1.35 bits per heavy atom. The molecule has 0 radical (unpaired) electrons. The Balaban J connectivity index is 2.18. The van der Waals surface area contributed by atoms with Gasteiger partial charge in [-0.1, -0.05) is 18.2 Å². The molecular formula is C17H26N2O4. The van der Waals surface area contributed by atoms with Crippen molar-refractivity contribution in [1.82, 2.24) is 5.32 Å². The van der Waals surface area contributed by atoms with E-state index in [1.54, 1.807) is 4.90 Å². The molecule has 23 heavy (non-hydrogen) atoms. The van der Waals surface area contributed by atoms with E-state index < -0.39 is 5.60 Å². The average molecular weight is 322 g/mol. The van der Waals surface area contributed by atoms with Gasteiger partial charge in [0.2, 0.25) is 0 Å². The number of anilines is 1. The molecule has 1 heterocycles. The molecule has 0 unspecified atom stereocenters. The largest absolute Gasteiger partial charge is 0.443 e. The summed E-state index contributed by atoms with van der Waals surface area (Å²) in [4.78, 5) is 14.1. The van der Waals surface area contributed by atoms with E-state index in [1.807, 2.05) is 39.0 Å². The summed E-state index contributed by atoms with van der Waals surface area (Å²) in [5.74, 6) is 0. The Kier molecular flexibility index (Phi) is 5.62. The smallest absolute Gasteiger partial charge is 0.414 e. The highest BCUT2D eigenvalue weighted by molar-refractivity contribution is 5.91. The lowest BCUT2D eigenvalue weighted by molar-refractivity contribution is 0.0583. The number of hydrogen-bond acceptors (Lipinski definition) is 5. The number of nitrogens with zero attached hydrogens (tertiary/aromatic N) is 1. The molecule has 0 aliphatic carbocycles. The molecule has 0 bridgehead atoms. The van der Waals surface area contributed by atoms with Crippen molar-refractivity contribution in [2.24, 2.45) is 0 Å². The van der Waals surface area contributed by atoms with Crippen LogP contribution < -0.4 is 10.2 Å². The van der Waals surface area contributed by atoms with Gasteiger partial charge in [0.25, 0.3) is 0 Å². The van der Waals surface area contributed by atoms with Gasteiger partial charge in [0.05, 0.1) is 24.9 Å². The number of amides is 1. The zero-order valence-corrected chi connectivity index (χ0v) is 14.0. The van der Waals surface area contributed by atoms with E-state index in [4.69, 9.17) is 14.9 Å². The van der Waals surface area contributed by atoms with Crippen molar-refractivity contribution < 1.29 is 19.7 Å². The molecule has 1 aromatic carbocycles. The van der Waals surface area contributed by atoms with Gasteiger partial charge in [-0.25, -0.2) is 4.79 Å². The fraction of sp³-hybridized carbons (Fsp3) is 0.588. The van der Waals surface area contributed by atoms with Crippen LogP contribution >= 0.6 is 0 Å². The molecule has 0 atom stereocenters. The molecule has 1 aromatic rings. The van der Waals surface area contributed by atoms with E-state index in [0.717, 1.165) is 23.2 Å². The zero-order valence-electron chi connectivity index (χ0n) is 14.0. The normalized spacial score (nSPS) is 14.3. The topological polar surface area (TPSA) is 82.0 Å². The number of aliphatic hydroxyl groups excluding tert-OH is 2. The minimum Gasteiger partial charge on any atom is -0.443 e. The van der Waals surface area contributed by atoms with Gasteiger partial charge in [0.15, 0.2) is 0 Å². The van der Waals surface area contributed by atoms with E-state index in [9.17, 15) is 4.79 Å². The molecule has 0 saturated heterocycles. The van der Waals surface area contributed by atoms with Crippen LogP contribution in [0.2, 0.25) is 0 Å². The van der Waals surface area contributed by atoms with Crippen molar-refractivity contribution in [3.8, 4) is 0 Å². The average Bonchev–Trinajstić information content (AvgIpc) is 2.91. The minimum atomic E-state index is -0.536. The van der Waals surface area contributed by atoms with Crippen molar-refractivity contribution in [2.75, 3.05) is 24.7 Å². The number of hydrogen-bond donors (Lipinski definition) is 3. The number of ether oxygens (including phenoxy) is 1. The van der Waals surface area contributed by atoms with Crippen LogP contribution in [0.15, 0.2) is 18.2 Å². The van der Waals surface area contributed by atoms with Gasteiger partial charge < -0.3 is 20.3 Å². The second-order valence-corrected chi connectivity index (χ2v) is 6.75. The van der Waals surface area contributed by atoms with Crippen LogP contribution in [0, 0.1) is 0 Å². The lowest BCUT2D eigenvalue weighted by Gasteiger charge is -2.26. The summed E-state index contributed by atoms with van der Waals surface area (Å²) < 4.78 is 5.49. The first kappa shape index (κ1) is 17.7. The fourth-order valence-corrected chi connectivity index (χ4v) is 2.62. The molecule has 1 aliphatic heterocycles. The Labute approximate surface area is 137 Å². The van der Waals surface area contributed by atoms with Crippen LogP contribution in [0.5, 0.6) is 0 Å². The van der Waals surface area contributed by atoms with Gasteiger partial charge >= 0.3 is 6.09 Å². The molecule has 6 heteroatoms. The van der Waals surface area contributed by atoms with Gasteiger partial charge in [-0.2, -0.15) is 0 Å². The van der Waals surface area contributed by atoms with Gasteiger partial charge in [-0.05, 0) is 38.3 Å². The van der Waals surface area contributed by atoms with Gasteiger partial charge in [0.1, 0.15) is 5.60 Å². The van der Waals surface area contributed by atoms with Crippen LogP contribution in [0.1, 0.15) is 31.9 Å². The summed E-state index contributed by atoms with van der Waals surface area (Å²) >= 11 is 0. The molecule has 1 aliphatic rings. The molecule has 0 fully saturated rings. The summed E-state index contributed by atoms with van der Waals surface area (Å²) in [6, 6.07) is 5.54. The predicted octanol–water partition coefficient (Wildman–Crippen LogP) is 1.43. The number of rotatable bonds is 5. The molecule has 6 nitrogen and oxygen atoms in total. The van der Waals surface area contributed by atoms with Crippen molar-refractivity contribution in [1.29, 1.82) is 0 Å². The van der Waals surface area contributed by atoms with Gasteiger partial charge in [0, 0.05) is 13.1 Å². The second-order valence-electron chi connectivity index (χ2n) is 6.75. The molecule has 3 N–H and O–H groups in total. The molecular weight excluding hydrogens is 296 g/mol. The second kappa shape index (κ2) is 7.29. The van der Waals surface area contributed by atoms with E-state index in [2.05, 4.69) is 5.32 Å². The third-order valence-electron chi connectivity index (χ3n) is 3.71. The highest BCUT2D eigenvalue weighted by Gasteiger charge is 2.30. The highest BCUT2D eigenvalue weighted by Crippen LogP contribution is 2.33. The standard InChI is InChI=1S/C17H26N2O4/c1-17(2,3)23-16(22)19-8-7-12-5-4-6-13(15(12)19)9-18-14(10-20)11-21/h4-6,14,18,20-21H,7-11H2,1-3H3. The van der Waals surface area contributed by atoms with E-state index in [-0.39, 0.29) is 25.3 Å². The molecule has 1 amide bonds. The fourth-order valence-electron chi connectivity index (χ4n) is 2.62. The number of nitrogens with one attached hydrogen (secondary N) is 1. The maximum absolute atomic E-state index is 12.4. The van der Waals surface area contributed by atoms with Crippen LogP contribution in [0.3, 0.4) is 0 Å². The number of para-hydroxylation sites is 1. The molecule has 128 valence electrons. The third kappa shape index (κ3) is 4.43. The first-order chi connectivity index (χ1) is 10.9. The molecule has 0 saturated carbocycles. The van der Waals surface area contributed by atoms with Crippen molar-refractivity contribution in [3.05, 3.63) is 29.3 Å². The van der Waals surface area contributed by atoms with E-state index in [1.165, 1.54) is 0 Å². The summed E-state index contributed by atoms with van der Waals surface area (Å²) in [7, 11) is 0. The van der Waals surface area contributed by atoms with Gasteiger partial charge in [-0.3, -0.25) is 4.90 Å². The molecule has 0 aromatic heterocycles. The monoisotopic (exact) mass is 322 g/mol. The number of fused-ring (bicyclic) bond motifs is 1. The maximum atomic E-state index is 12.4. The highest BCUT2D eigenvalue weighted by atomic mass is 16.6. The summed E-state index contributed by atoms with van der Waals surface area (Å²) in [5, 5.41) is 21.4. The van der Waals surface area contributed by atoms with E-state index in [0.29, 0.717) is 13.1 Å². The maximum Gasteiger partial charge on any atom is 0.414 e. The van der Waals surface area contributed by atoms with Gasteiger partial charge in [-0.15, -0.1) is 0 Å². The van der Waals surface area contributed by atoms with Crippen LogP contribution in [0.4, 0.5) is 10.5 Å². The first-order valence-corrected chi connectivity index (χ1v) is 7.92. The first-order valence-electron chi connectivity index (χ1n) is 7.92. The minimum absolute atomic E-state index is 0.138. The summed E-state index contributed by atoms with van der Waals surface area (Å²) in [6.07, 6.45) is 0.454. The third-order valence-corrected chi connectivity index (χ3v) is 3.71. The number of benzene rings is 1.